The smallest absolute Gasteiger partial charge is 0.0998 e. The first-order valence-corrected chi connectivity index (χ1v) is 13.6. The molecule has 0 bridgehead atoms. The van der Waals surface area contributed by atoms with Crippen molar-refractivity contribution in [1.82, 2.24) is 9.13 Å². The highest BCUT2D eigenvalue weighted by molar-refractivity contribution is 6.34. The number of hydrogen-bond donors (Lipinski definition) is 0. The third kappa shape index (κ3) is 2.88. The van der Waals surface area contributed by atoms with Gasteiger partial charge in [-0.2, -0.15) is 5.26 Å². The summed E-state index contributed by atoms with van der Waals surface area (Å²) in [7, 11) is 4.36. The zero-order chi connectivity index (χ0) is 27.0. The molecule has 0 spiro atoms. The molecule has 0 aliphatic rings. The van der Waals surface area contributed by atoms with Gasteiger partial charge in [-0.15, -0.1) is 0 Å². The molecular weight excluding hydrogens is 486 g/mol. The molecule has 0 aliphatic heterocycles. The summed E-state index contributed by atoms with van der Waals surface area (Å²) < 4.78 is 4.70. The highest BCUT2D eigenvalue weighted by Gasteiger charge is 2.27. The number of rotatable bonds is 2. The lowest BCUT2D eigenvalue weighted by atomic mass is 9.86. The van der Waals surface area contributed by atoms with Crippen LogP contribution in [0.15, 0.2) is 115 Å². The van der Waals surface area contributed by atoms with Crippen LogP contribution < -0.4 is 0 Å². The Bertz CT molecular complexity index is 2240. The first kappa shape index (κ1) is 22.6. The van der Waals surface area contributed by atoms with Gasteiger partial charge in [0.25, 0.3) is 0 Å². The number of hydrogen-bond acceptors (Lipinski definition) is 1. The molecule has 2 aromatic heterocycles. The first-order valence-electron chi connectivity index (χ1n) is 13.6. The van der Waals surface area contributed by atoms with Crippen molar-refractivity contribution in [2.75, 3.05) is 0 Å². The molecule has 188 valence electrons. The van der Waals surface area contributed by atoms with E-state index in [9.17, 15) is 5.26 Å². The Labute approximate surface area is 231 Å². The molecule has 0 unspecified atom stereocenters. The molecule has 2 heterocycles. The summed E-state index contributed by atoms with van der Waals surface area (Å²) in [6.45, 7) is 0. The van der Waals surface area contributed by atoms with Crippen LogP contribution in [0.2, 0.25) is 0 Å². The molecule has 8 aromatic rings. The Morgan fingerprint density at radius 2 is 1.07 bits per heavy atom. The van der Waals surface area contributed by atoms with Crippen LogP contribution in [-0.4, -0.2) is 9.13 Å². The van der Waals surface area contributed by atoms with Crippen LogP contribution >= 0.6 is 0 Å². The topological polar surface area (TPSA) is 33.6 Å². The monoisotopic (exact) mass is 511 g/mol. The lowest BCUT2D eigenvalue weighted by Crippen LogP contribution is -1.97. The lowest BCUT2D eigenvalue weighted by Gasteiger charge is -2.17. The van der Waals surface area contributed by atoms with Crippen molar-refractivity contribution in [2.45, 2.75) is 0 Å². The Morgan fingerprint density at radius 3 is 1.68 bits per heavy atom. The van der Waals surface area contributed by atoms with Crippen molar-refractivity contribution in [3.8, 4) is 28.3 Å². The van der Waals surface area contributed by atoms with E-state index >= 15 is 0 Å². The Balaban J connectivity index is 1.77. The normalized spacial score (nSPS) is 11.7. The van der Waals surface area contributed by atoms with E-state index in [4.69, 9.17) is 0 Å². The van der Waals surface area contributed by atoms with E-state index in [0.29, 0.717) is 5.56 Å². The summed E-state index contributed by atoms with van der Waals surface area (Å²) in [5.41, 5.74) is 10.2. The second-order valence-electron chi connectivity index (χ2n) is 10.5. The van der Waals surface area contributed by atoms with E-state index in [-0.39, 0.29) is 0 Å². The van der Waals surface area contributed by atoms with Crippen molar-refractivity contribution in [3.63, 3.8) is 0 Å². The average molecular weight is 512 g/mol. The van der Waals surface area contributed by atoms with Gasteiger partial charge in [0, 0.05) is 63.2 Å². The van der Waals surface area contributed by atoms with Crippen LogP contribution in [0.3, 0.4) is 0 Å². The largest absolute Gasteiger partial charge is 0.343 e. The van der Waals surface area contributed by atoms with E-state index in [2.05, 4.69) is 132 Å². The number of nitrogens with zero attached hydrogens (tertiary/aromatic N) is 3. The molecular formula is C37H25N3. The summed E-state index contributed by atoms with van der Waals surface area (Å²) in [6.07, 6.45) is 0. The minimum absolute atomic E-state index is 0.696. The molecule has 0 radical (unpaired) electrons. The van der Waals surface area contributed by atoms with Crippen LogP contribution in [0.5, 0.6) is 0 Å². The van der Waals surface area contributed by atoms with Crippen molar-refractivity contribution in [2.24, 2.45) is 14.1 Å². The van der Waals surface area contributed by atoms with Crippen molar-refractivity contribution < 1.29 is 0 Å². The second-order valence-corrected chi connectivity index (χ2v) is 10.5. The standard InChI is InChI=1S/C37H25N3/c1-39-29-20-8-6-17-26(29)34-33(28-19-11-15-23-14-10-16-25(22-38)31(23)28)35-27-18-7-9-21-30(27)40(2)37(35)32(36(34)39)24-12-4-3-5-13-24/h3-21H,1-2H3. The number of aromatic nitrogens is 2. The fourth-order valence-electron chi connectivity index (χ4n) is 6.91. The molecule has 0 saturated heterocycles. The summed E-state index contributed by atoms with van der Waals surface area (Å²) in [5, 5.41) is 17.2. The molecule has 0 fully saturated rings. The molecule has 0 atom stereocenters. The molecule has 3 heteroatoms. The number of benzene rings is 6. The molecule has 0 amide bonds. The quantitative estimate of drug-likeness (QED) is 0.228. The van der Waals surface area contributed by atoms with Crippen LogP contribution in [0, 0.1) is 11.3 Å². The van der Waals surface area contributed by atoms with E-state index < -0.39 is 0 Å². The molecule has 0 aliphatic carbocycles. The number of aryl methyl sites for hydroxylation is 2. The predicted molar refractivity (Wildman–Crippen MR) is 168 cm³/mol. The number of fused-ring (bicyclic) bond motifs is 7. The summed E-state index contributed by atoms with van der Waals surface area (Å²) in [5.74, 6) is 0. The summed E-state index contributed by atoms with van der Waals surface area (Å²) in [6, 6.07) is 43.1. The molecule has 6 aromatic carbocycles. The van der Waals surface area contributed by atoms with E-state index in [1.807, 2.05) is 12.1 Å². The van der Waals surface area contributed by atoms with Crippen LogP contribution in [0.25, 0.3) is 76.6 Å². The minimum Gasteiger partial charge on any atom is -0.343 e. The van der Waals surface area contributed by atoms with Gasteiger partial charge < -0.3 is 9.13 Å². The first-order chi connectivity index (χ1) is 19.7. The second kappa shape index (κ2) is 8.33. The Morgan fingerprint density at radius 1 is 0.525 bits per heavy atom. The van der Waals surface area contributed by atoms with Gasteiger partial charge in [0.1, 0.15) is 0 Å². The molecule has 3 nitrogen and oxygen atoms in total. The lowest BCUT2D eigenvalue weighted by molar-refractivity contribution is 1.00. The maximum atomic E-state index is 10.2. The molecule has 40 heavy (non-hydrogen) atoms. The summed E-state index contributed by atoms with van der Waals surface area (Å²) in [4.78, 5) is 0. The van der Waals surface area contributed by atoms with Crippen LogP contribution in [0.1, 0.15) is 5.56 Å². The Hall–Kier alpha value is -5.33. The summed E-state index contributed by atoms with van der Waals surface area (Å²) >= 11 is 0. The van der Waals surface area contributed by atoms with E-state index in [1.165, 1.54) is 60.3 Å². The Kier molecular flexibility index (Phi) is 4.72. The van der Waals surface area contributed by atoms with Gasteiger partial charge in [0.15, 0.2) is 0 Å². The zero-order valence-electron chi connectivity index (χ0n) is 22.3. The third-order valence-corrected chi connectivity index (χ3v) is 8.54. The highest BCUT2D eigenvalue weighted by Crippen LogP contribution is 2.51. The van der Waals surface area contributed by atoms with Crippen molar-refractivity contribution >= 4 is 54.4 Å². The molecule has 8 rings (SSSR count). The number of para-hydroxylation sites is 2. The van der Waals surface area contributed by atoms with Gasteiger partial charge in [0.05, 0.1) is 22.7 Å². The molecule has 0 N–H and O–H groups in total. The van der Waals surface area contributed by atoms with Gasteiger partial charge in [-0.05, 0) is 34.7 Å². The van der Waals surface area contributed by atoms with Gasteiger partial charge in [-0.25, -0.2) is 0 Å². The van der Waals surface area contributed by atoms with Crippen molar-refractivity contribution in [3.05, 3.63) is 121 Å². The molecule has 0 saturated carbocycles. The van der Waals surface area contributed by atoms with Crippen LogP contribution in [0.4, 0.5) is 0 Å². The minimum atomic E-state index is 0.696. The fraction of sp³-hybridized carbons (Fsp3) is 0.0541. The van der Waals surface area contributed by atoms with Crippen LogP contribution in [-0.2, 0) is 14.1 Å². The fourth-order valence-corrected chi connectivity index (χ4v) is 6.91. The highest BCUT2D eigenvalue weighted by atomic mass is 15.0. The maximum Gasteiger partial charge on any atom is 0.0998 e. The van der Waals surface area contributed by atoms with E-state index in [0.717, 1.165) is 16.3 Å². The van der Waals surface area contributed by atoms with Gasteiger partial charge >= 0.3 is 0 Å². The zero-order valence-corrected chi connectivity index (χ0v) is 22.3. The predicted octanol–water partition coefficient (Wildman–Crippen LogP) is 9.34. The maximum absolute atomic E-state index is 10.2. The number of nitriles is 1. The van der Waals surface area contributed by atoms with Gasteiger partial charge in [-0.3, -0.25) is 0 Å². The van der Waals surface area contributed by atoms with Crippen molar-refractivity contribution in [1.29, 1.82) is 5.26 Å². The SMILES string of the molecule is Cn1c2ccccc2c2c(-c3cccc4cccc(C#N)c34)c3c4ccccc4n(C)c3c(-c3ccccc3)c21. The van der Waals surface area contributed by atoms with Gasteiger partial charge in [0.2, 0.25) is 0 Å². The van der Waals surface area contributed by atoms with E-state index in [1.54, 1.807) is 0 Å². The third-order valence-electron chi connectivity index (χ3n) is 8.54. The van der Waals surface area contributed by atoms with Gasteiger partial charge in [-0.1, -0.05) is 97.1 Å². The average Bonchev–Trinajstić information content (AvgIpc) is 3.47.